The average Bonchev–Trinajstić information content (AvgIpc) is 3.07. The number of nitrogen functional groups attached to an aromatic ring is 1. The van der Waals surface area contributed by atoms with Crippen LogP contribution < -0.4 is 20.5 Å². The number of nitrogens with zero attached hydrogens (tertiary/aromatic N) is 3. The number of rotatable bonds is 4. The fourth-order valence-electron chi connectivity index (χ4n) is 3.35. The largest absolute Gasteiger partial charge is 0.496 e. The number of amides is 2. The average molecular weight is 379 g/mol. The van der Waals surface area contributed by atoms with E-state index in [0.717, 1.165) is 33.8 Å². The molecule has 1 aromatic heterocycles. The van der Waals surface area contributed by atoms with Crippen molar-refractivity contribution in [2.45, 2.75) is 20.0 Å². The van der Waals surface area contributed by atoms with Crippen LogP contribution in [0.3, 0.4) is 0 Å². The first kappa shape index (κ1) is 17.8. The molecule has 2 aliphatic rings. The zero-order chi connectivity index (χ0) is 19.8. The molecule has 2 amide bonds. The summed E-state index contributed by atoms with van der Waals surface area (Å²) in [6, 6.07) is 3.59. The maximum absolute atomic E-state index is 12.5. The molecule has 2 aromatic rings. The molecule has 0 radical (unpaired) electrons. The van der Waals surface area contributed by atoms with Crippen LogP contribution in [0.15, 0.2) is 36.1 Å². The monoisotopic (exact) mass is 379 g/mol. The Morgan fingerprint density at radius 3 is 2.57 bits per heavy atom. The van der Waals surface area contributed by atoms with Gasteiger partial charge in [-0.3, -0.25) is 0 Å². The Bertz CT molecular complexity index is 1030. The number of anilines is 1. The number of nitrogens with one attached hydrogen (secondary N) is 1. The molecule has 1 aliphatic heterocycles. The molecule has 28 heavy (non-hydrogen) atoms. The summed E-state index contributed by atoms with van der Waals surface area (Å²) in [5.41, 5.74) is 10.7. The molecule has 0 atom stereocenters. The number of carbonyl (C=O) groups is 1. The van der Waals surface area contributed by atoms with Gasteiger partial charge in [0.1, 0.15) is 11.5 Å². The van der Waals surface area contributed by atoms with E-state index in [1.54, 1.807) is 19.1 Å². The molecule has 4 rings (SSSR count). The zero-order valence-electron chi connectivity index (χ0n) is 15.9. The minimum atomic E-state index is -0.188. The topological polar surface area (TPSA) is 103 Å². The van der Waals surface area contributed by atoms with Crippen LogP contribution in [0.5, 0.6) is 11.5 Å². The van der Waals surface area contributed by atoms with Crippen molar-refractivity contribution < 1.29 is 14.3 Å². The number of nitrogens with two attached hydrogens (primary N) is 1. The van der Waals surface area contributed by atoms with Crippen molar-refractivity contribution >= 4 is 12.0 Å². The molecule has 1 aliphatic carbocycles. The number of carbonyl (C=O) groups excluding carboxylic acids is 1. The lowest BCUT2D eigenvalue weighted by Gasteiger charge is -2.18. The Hall–Kier alpha value is -3.55. The number of benzene rings is 1. The summed E-state index contributed by atoms with van der Waals surface area (Å²) in [5, 5.41) is 2.85. The molecular weight excluding hydrogens is 358 g/mol. The lowest BCUT2D eigenvalue weighted by molar-refractivity contribution is 0.201. The third-order valence-corrected chi connectivity index (χ3v) is 4.86. The molecule has 8 nitrogen and oxygen atoms in total. The Kier molecular flexibility index (Phi) is 4.38. The van der Waals surface area contributed by atoms with Crippen LogP contribution in [0.2, 0.25) is 0 Å². The van der Waals surface area contributed by atoms with E-state index in [1.807, 2.05) is 37.3 Å². The molecule has 144 valence electrons. The van der Waals surface area contributed by atoms with Gasteiger partial charge in [-0.25, -0.2) is 14.8 Å². The summed E-state index contributed by atoms with van der Waals surface area (Å²) in [4.78, 5) is 23.0. The highest BCUT2D eigenvalue weighted by Gasteiger charge is 2.30. The first-order valence-corrected chi connectivity index (χ1v) is 8.82. The summed E-state index contributed by atoms with van der Waals surface area (Å²) >= 11 is 0. The number of urea groups is 1. The van der Waals surface area contributed by atoms with Crippen LogP contribution in [0, 0.1) is 6.92 Å². The molecule has 3 N–H and O–H groups in total. The number of hydrogen-bond acceptors (Lipinski definition) is 6. The number of hydrogen-bond donors (Lipinski definition) is 2. The fraction of sp³-hybridized carbons (Fsp3) is 0.250. The van der Waals surface area contributed by atoms with E-state index in [2.05, 4.69) is 15.3 Å². The molecule has 0 bridgehead atoms. The third-order valence-electron chi connectivity index (χ3n) is 4.86. The van der Waals surface area contributed by atoms with E-state index in [-0.39, 0.29) is 12.0 Å². The van der Waals surface area contributed by atoms with Crippen LogP contribution in [-0.4, -0.2) is 35.1 Å². The number of allylic oxidation sites excluding steroid dienone is 3. The van der Waals surface area contributed by atoms with E-state index in [1.165, 1.54) is 0 Å². The van der Waals surface area contributed by atoms with Gasteiger partial charge in [0.15, 0.2) is 0 Å². The Morgan fingerprint density at radius 1 is 1.18 bits per heavy atom. The predicted molar refractivity (Wildman–Crippen MR) is 105 cm³/mol. The molecule has 1 aromatic carbocycles. The van der Waals surface area contributed by atoms with Crippen molar-refractivity contribution in [1.29, 1.82) is 0 Å². The summed E-state index contributed by atoms with van der Waals surface area (Å²) < 4.78 is 11.0. The van der Waals surface area contributed by atoms with Gasteiger partial charge in [-0.05, 0) is 36.8 Å². The van der Waals surface area contributed by atoms with Crippen molar-refractivity contribution in [1.82, 2.24) is 20.2 Å². The van der Waals surface area contributed by atoms with Gasteiger partial charge in [0.05, 0.1) is 38.7 Å². The van der Waals surface area contributed by atoms with Crippen LogP contribution in [0.1, 0.15) is 16.8 Å². The second kappa shape index (κ2) is 6.88. The van der Waals surface area contributed by atoms with Crippen LogP contribution in [0.25, 0.3) is 11.3 Å². The summed E-state index contributed by atoms with van der Waals surface area (Å²) in [5.74, 6) is 1.53. The van der Waals surface area contributed by atoms with Gasteiger partial charge in [-0.2, -0.15) is 0 Å². The molecule has 0 saturated heterocycles. The Morgan fingerprint density at radius 2 is 1.93 bits per heavy atom. The van der Waals surface area contributed by atoms with Crippen molar-refractivity contribution in [2.75, 3.05) is 20.0 Å². The highest BCUT2D eigenvalue weighted by Crippen LogP contribution is 2.39. The number of ether oxygens (including phenoxy) is 2. The molecule has 0 fully saturated rings. The SMILES string of the molecule is COc1cc(-c2nc(N)nc3c2CN(C(=O)NC2=CC=C2)C3)c(OC)cc1C. The summed E-state index contributed by atoms with van der Waals surface area (Å²) in [6.45, 7) is 2.69. The zero-order valence-corrected chi connectivity index (χ0v) is 15.9. The first-order chi connectivity index (χ1) is 13.5. The van der Waals surface area contributed by atoms with Crippen molar-refractivity contribution in [3.8, 4) is 22.8 Å². The minimum absolute atomic E-state index is 0.155. The normalized spacial score (nSPS) is 14.2. The predicted octanol–water partition coefficient (Wildman–Crippen LogP) is 2.53. The molecule has 8 heteroatoms. The van der Waals surface area contributed by atoms with Gasteiger partial charge in [-0.15, -0.1) is 0 Å². The van der Waals surface area contributed by atoms with Gasteiger partial charge in [0.25, 0.3) is 0 Å². The van der Waals surface area contributed by atoms with Crippen molar-refractivity contribution in [2.24, 2.45) is 0 Å². The van der Waals surface area contributed by atoms with E-state index < -0.39 is 0 Å². The quantitative estimate of drug-likeness (QED) is 0.846. The maximum Gasteiger partial charge on any atom is 0.322 e. The van der Waals surface area contributed by atoms with Gasteiger partial charge in [0, 0.05) is 16.8 Å². The summed E-state index contributed by atoms with van der Waals surface area (Å²) in [7, 11) is 3.22. The van der Waals surface area contributed by atoms with Crippen LogP contribution in [-0.2, 0) is 13.1 Å². The van der Waals surface area contributed by atoms with E-state index >= 15 is 0 Å². The molecular formula is C20H21N5O3. The van der Waals surface area contributed by atoms with Gasteiger partial charge < -0.3 is 25.4 Å². The number of fused-ring (bicyclic) bond motifs is 1. The van der Waals surface area contributed by atoms with E-state index in [9.17, 15) is 4.79 Å². The molecule has 0 unspecified atom stereocenters. The smallest absolute Gasteiger partial charge is 0.322 e. The highest BCUT2D eigenvalue weighted by molar-refractivity contribution is 5.80. The van der Waals surface area contributed by atoms with Crippen molar-refractivity contribution in [3.05, 3.63) is 52.9 Å². The minimum Gasteiger partial charge on any atom is -0.496 e. The van der Waals surface area contributed by atoms with Gasteiger partial charge in [0.2, 0.25) is 5.95 Å². The lowest BCUT2D eigenvalue weighted by atomic mass is 10.0. The van der Waals surface area contributed by atoms with E-state index in [4.69, 9.17) is 15.2 Å². The maximum atomic E-state index is 12.5. The van der Waals surface area contributed by atoms with Crippen LogP contribution >= 0.6 is 0 Å². The standard InChI is InChI=1S/C20H21N5O3/c1-11-7-17(28-3)13(8-16(11)27-2)18-14-9-25(10-15(14)23-19(21)24-18)20(26)22-12-5-4-6-12/h4-8H,9-10H2,1-3H3,(H,22,26)(H2,21,23,24). The molecule has 0 saturated carbocycles. The molecule has 0 spiro atoms. The highest BCUT2D eigenvalue weighted by atomic mass is 16.5. The lowest BCUT2D eigenvalue weighted by Crippen LogP contribution is -2.36. The van der Waals surface area contributed by atoms with Gasteiger partial charge >= 0.3 is 6.03 Å². The third kappa shape index (κ3) is 3.02. The summed E-state index contributed by atoms with van der Waals surface area (Å²) in [6.07, 6.45) is 5.55. The van der Waals surface area contributed by atoms with E-state index in [0.29, 0.717) is 24.5 Å². The van der Waals surface area contributed by atoms with Crippen molar-refractivity contribution in [3.63, 3.8) is 0 Å². The van der Waals surface area contributed by atoms with Crippen LogP contribution in [0.4, 0.5) is 10.7 Å². The Balaban J connectivity index is 1.73. The van der Waals surface area contributed by atoms with Gasteiger partial charge in [-0.1, -0.05) is 6.08 Å². The second-order valence-electron chi connectivity index (χ2n) is 6.65. The molecule has 2 heterocycles. The Labute approximate surface area is 162 Å². The second-order valence-corrected chi connectivity index (χ2v) is 6.65. The number of methoxy groups -OCH3 is 2. The number of aryl methyl sites for hydroxylation is 1. The fourth-order valence-corrected chi connectivity index (χ4v) is 3.35. The number of aromatic nitrogens is 2. The first-order valence-electron chi connectivity index (χ1n) is 8.82.